The van der Waals surface area contributed by atoms with Crippen LogP contribution in [-0.2, 0) is 9.53 Å². The van der Waals surface area contributed by atoms with Crippen LogP contribution < -0.4 is 0 Å². The highest BCUT2D eigenvalue weighted by molar-refractivity contribution is 5.84. The molecule has 0 aromatic heterocycles. The molecule has 0 N–H and O–H groups in total. The number of Topliss-reactive ketones (excluding diaryl/α,β-unsaturated/α-hetero) is 1. The van der Waals surface area contributed by atoms with Gasteiger partial charge in [-0.25, -0.2) is 0 Å². The van der Waals surface area contributed by atoms with Crippen molar-refractivity contribution in [1.82, 2.24) is 0 Å². The van der Waals surface area contributed by atoms with Crippen LogP contribution in [0.3, 0.4) is 0 Å². The summed E-state index contributed by atoms with van der Waals surface area (Å²) in [6, 6.07) is 0. The molecule has 0 saturated carbocycles. The van der Waals surface area contributed by atoms with Crippen molar-refractivity contribution in [2.24, 2.45) is 11.3 Å². The van der Waals surface area contributed by atoms with Crippen molar-refractivity contribution < 1.29 is 9.53 Å². The molecule has 2 nitrogen and oxygen atoms in total. The molecule has 16 heavy (non-hydrogen) atoms. The highest BCUT2D eigenvalue weighted by Crippen LogP contribution is 2.44. The third kappa shape index (κ3) is 3.07. The molecule has 1 saturated heterocycles. The maximum Gasteiger partial charge on any atom is 0.138 e. The van der Waals surface area contributed by atoms with E-state index in [1.165, 1.54) is 0 Å². The van der Waals surface area contributed by atoms with Crippen molar-refractivity contribution in [3.05, 3.63) is 0 Å². The van der Waals surface area contributed by atoms with E-state index in [0.717, 1.165) is 6.42 Å². The van der Waals surface area contributed by atoms with Gasteiger partial charge in [0.05, 0.1) is 11.2 Å². The lowest BCUT2D eigenvalue weighted by Gasteiger charge is -2.28. The van der Waals surface area contributed by atoms with E-state index in [0.29, 0.717) is 18.1 Å². The van der Waals surface area contributed by atoms with E-state index in [-0.39, 0.29) is 16.6 Å². The van der Waals surface area contributed by atoms with E-state index in [1.807, 2.05) is 20.8 Å². The fourth-order valence-corrected chi connectivity index (χ4v) is 2.52. The van der Waals surface area contributed by atoms with Crippen LogP contribution in [0.2, 0.25) is 0 Å². The first-order valence-electron chi connectivity index (χ1n) is 6.17. The van der Waals surface area contributed by atoms with Crippen LogP contribution in [0.25, 0.3) is 0 Å². The molecular formula is C14H26O2. The van der Waals surface area contributed by atoms with Gasteiger partial charge in [-0.15, -0.1) is 0 Å². The molecule has 1 aliphatic heterocycles. The van der Waals surface area contributed by atoms with Crippen molar-refractivity contribution in [2.75, 3.05) is 0 Å². The minimum absolute atomic E-state index is 0.0909. The Bertz CT molecular complexity index is 282. The molecule has 1 unspecified atom stereocenters. The minimum Gasteiger partial charge on any atom is -0.369 e. The smallest absolute Gasteiger partial charge is 0.138 e. The van der Waals surface area contributed by atoms with E-state index >= 15 is 0 Å². The zero-order valence-corrected chi connectivity index (χ0v) is 11.8. The first-order chi connectivity index (χ1) is 6.94. The number of carbonyl (C=O) groups is 1. The van der Waals surface area contributed by atoms with Gasteiger partial charge in [-0.1, -0.05) is 20.8 Å². The Morgan fingerprint density at radius 3 is 2.06 bits per heavy atom. The largest absolute Gasteiger partial charge is 0.369 e. The first kappa shape index (κ1) is 13.7. The van der Waals surface area contributed by atoms with E-state index < -0.39 is 0 Å². The molecule has 0 bridgehead atoms. The molecular weight excluding hydrogens is 200 g/mol. The van der Waals surface area contributed by atoms with Gasteiger partial charge in [0.15, 0.2) is 0 Å². The quantitative estimate of drug-likeness (QED) is 0.719. The van der Waals surface area contributed by atoms with Gasteiger partial charge in [0.2, 0.25) is 0 Å². The summed E-state index contributed by atoms with van der Waals surface area (Å²) in [5, 5.41) is 0. The second kappa shape index (κ2) is 3.83. The minimum atomic E-state index is -0.233. The van der Waals surface area contributed by atoms with E-state index in [9.17, 15) is 4.79 Å². The number of hydrogen-bond donors (Lipinski definition) is 0. The molecule has 0 aliphatic carbocycles. The summed E-state index contributed by atoms with van der Waals surface area (Å²) in [7, 11) is 0. The van der Waals surface area contributed by atoms with Crippen molar-refractivity contribution in [3.63, 3.8) is 0 Å². The van der Waals surface area contributed by atoms with Gasteiger partial charge in [-0.05, 0) is 40.0 Å². The molecule has 0 spiro atoms. The van der Waals surface area contributed by atoms with Crippen molar-refractivity contribution >= 4 is 5.78 Å². The maximum absolute atomic E-state index is 12.1. The summed E-state index contributed by atoms with van der Waals surface area (Å²) in [6.45, 7) is 14.4. The summed E-state index contributed by atoms with van der Waals surface area (Å²) in [5.74, 6) is 0.682. The van der Waals surface area contributed by atoms with Crippen LogP contribution in [0.5, 0.6) is 0 Å². The predicted octanol–water partition coefficient (Wildman–Crippen LogP) is 3.59. The van der Waals surface area contributed by atoms with Crippen molar-refractivity contribution in [2.45, 2.75) is 72.5 Å². The zero-order chi connectivity index (χ0) is 12.8. The SMILES string of the molecule is CC1(C)CC(CC(=O)C(C)(C)C)C(C)(C)O1. The third-order valence-corrected chi connectivity index (χ3v) is 3.53. The fourth-order valence-electron chi connectivity index (χ4n) is 2.52. The Balaban J connectivity index is 2.73. The van der Waals surface area contributed by atoms with E-state index in [1.54, 1.807) is 0 Å². The number of hydrogen-bond acceptors (Lipinski definition) is 2. The third-order valence-electron chi connectivity index (χ3n) is 3.53. The average molecular weight is 226 g/mol. The number of ether oxygens (including phenoxy) is 1. The van der Waals surface area contributed by atoms with Gasteiger partial charge in [0.1, 0.15) is 5.78 Å². The Labute approximate surface area is 99.8 Å². The highest BCUT2D eigenvalue weighted by Gasteiger charge is 2.46. The standard InChI is InChI=1S/C14H26O2/c1-12(2,3)11(15)8-10-9-13(4,5)16-14(10,6)7/h10H,8-9H2,1-7H3. The maximum atomic E-state index is 12.1. The van der Waals surface area contributed by atoms with Crippen LogP contribution in [0, 0.1) is 11.3 Å². The Morgan fingerprint density at radius 1 is 1.25 bits per heavy atom. The predicted molar refractivity (Wildman–Crippen MR) is 66.4 cm³/mol. The van der Waals surface area contributed by atoms with Crippen molar-refractivity contribution in [3.8, 4) is 0 Å². The second-order valence-corrected chi connectivity index (χ2v) is 7.24. The Kier molecular flexibility index (Phi) is 3.28. The molecule has 1 rings (SSSR count). The monoisotopic (exact) mass is 226 g/mol. The fraction of sp³-hybridized carbons (Fsp3) is 0.929. The van der Waals surface area contributed by atoms with Crippen LogP contribution in [0.4, 0.5) is 0 Å². The van der Waals surface area contributed by atoms with Crippen LogP contribution in [-0.4, -0.2) is 17.0 Å². The molecule has 0 aromatic carbocycles. The lowest BCUT2D eigenvalue weighted by atomic mass is 9.78. The summed E-state index contributed by atoms with van der Waals surface area (Å²) in [6.07, 6.45) is 1.61. The van der Waals surface area contributed by atoms with Crippen molar-refractivity contribution in [1.29, 1.82) is 0 Å². The van der Waals surface area contributed by atoms with Gasteiger partial charge >= 0.3 is 0 Å². The molecule has 1 heterocycles. The lowest BCUT2D eigenvalue weighted by Crippen LogP contribution is -2.32. The number of rotatable bonds is 2. The van der Waals surface area contributed by atoms with Crippen LogP contribution in [0.1, 0.15) is 61.3 Å². The first-order valence-corrected chi connectivity index (χ1v) is 6.17. The molecule has 0 amide bonds. The molecule has 1 aliphatic rings. The van der Waals surface area contributed by atoms with Gasteiger partial charge in [0.25, 0.3) is 0 Å². The summed E-state index contributed by atoms with van der Waals surface area (Å²) in [4.78, 5) is 12.1. The van der Waals surface area contributed by atoms with Crippen LogP contribution in [0.15, 0.2) is 0 Å². The Hall–Kier alpha value is -0.370. The molecule has 0 radical (unpaired) electrons. The van der Waals surface area contributed by atoms with E-state index in [2.05, 4.69) is 27.7 Å². The van der Waals surface area contributed by atoms with E-state index in [4.69, 9.17) is 4.74 Å². The molecule has 1 fully saturated rings. The lowest BCUT2D eigenvalue weighted by molar-refractivity contribution is -0.129. The molecule has 2 heteroatoms. The highest BCUT2D eigenvalue weighted by atomic mass is 16.5. The van der Waals surface area contributed by atoms with Gasteiger partial charge in [-0.3, -0.25) is 4.79 Å². The molecule has 0 aromatic rings. The normalized spacial score (nSPS) is 28.1. The van der Waals surface area contributed by atoms with Crippen LogP contribution >= 0.6 is 0 Å². The van der Waals surface area contributed by atoms with Gasteiger partial charge < -0.3 is 4.74 Å². The molecule has 94 valence electrons. The summed E-state index contributed by atoms with van der Waals surface area (Å²) in [5.41, 5.74) is -0.500. The molecule has 1 atom stereocenters. The Morgan fingerprint density at radius 2 is 1.75 bits per heavy atom. The van der Waals surface area contributed by atoms with Gasteiger partial charge in [-0.2, -0.15) is 0 Å². The average Bonchev–Trinajstić information content (AvgIpc) is 2.17. The van der Waals surface area contributed by atoms with Gasteiger partial charge in [0, 0.05) is 11.8 Å². The summed E-state index contributed by atoms with van der Waals surface area (Å²) < 4.78 is 6.01. The number of ketones is 1. The second-order valence-electron chi connectivity index (χ2n) is 7.24. The topological polar surface area (TPSA) is 26.3 Å². The summed E-state index contributed by atoms with van der Waals surface area (Å²) >= 11 is 0. The number of carbonyl (C=O) groups excluding carboxylic acids is 1. The zero-order valence-electron chi connectivity index (χ0n) is 11.8.